The summed E-state index contributed by atoms with van der Waals surface area (Å²) in [6, 6.07) is 13.1. The van der Waals surface area contributed by atoms with E-state index in [0.29, 0.717) is 28.7 Å². The minimum Gasteiger partial charge on any atom is -0.324 e. The molecule has 1 aliphatic rings. The van der Waals surface area contributed by atoms with E-state index in [9.17, 15) is 4.79 Å². The molecule has 9 heteroatoms. The number of carbonyl (C=O) groups is 1. The molecule has 0 unspecified atom stereocenters. The third-order valence-electron chi connectivity index (χ3n) is 4.80. The van der Waals surface area contributed by atoms with Crippen LogP contribution in [0.3, 0.4) is 0 Å². The molecule has 0 bridgehead atoms. The van der Waals surface area contributed by atoms with Gasteiger partial charge in [-0.3, -0.25) is 19.0 Å². The minimum absolute atomic E-state index is 0.0517. The molecule has 1 saturated heterocycles. The number of carbonyl (C=O) groups excluding carboxylic acids is 1. The molecule has 1 fully saturated rings. The van der Waals surface area contributed by atoms with Crippen molar-refractivity contribution in [3.8, 4) is 0 Å². The summed E-state index contributed by atoms with van der Waals surface area (Å²) >= 11 is 11.6. The third kappa shape index (κ3) is 4.25. The van der Waals surface area contributed by atoms with Crippen LogP contribution in [0.5, 0.6) is 0 Å². The van der Waals surface area contributed by atoms with Gasteiger partial charge in [-0.2, -0.15) is 5.10 Å². The van der Waals surface area contributed by atoms with Gasteiger partial charge in [0, 0.05) is 32.4 Å². The predicted octanol–water partition coefficient (Wildman–Crippen LogP) is 2.73. The van der Waals surface area contributed by atoms with Gasteiger partial charge in [0.25, 0.3) is 0 Å². The van der Waals surface area contributed by atoms with Gasteiger partial charge in [-0.15, -0.1) is 0 Å². The summed E-state index contributed by atoms with van der Waals surface area (Å²) in [4.78, 5) is 16.7. The zero-order chi connectivity index (χ0) is 19.5. The fraction of sp³-hybridized carbons (Fsp3) is 0.316. The summed E-state index contributed by atoms with van der Waals surface area (Å²) in [6.07, 6.45) is 1.93. The molecule has 1 N–H and O–H groups in total. The average Bonchev–Trinajstić information content (AvgIpc) is 3.01. The van der Waals surface area contributed by atoms with Crippen molar-refractivity contribution >= 4 is 41.1 Å². The molecule has 4 rings (SSSR count). The van der Waals surface area contributed by atoms with E-state index in [-0.39, 0.29) is 5.91 Å². The van der Waals surface area contributed by atoms with E-state index < -0.39 is 0 Å². The van der Waals surface area contributed by atoms with E-state index >= 15 is 0 Å². The van der Waals surface area contributed by atoms with Crippen molar-refractivity contribution in [1.29, 1.82) is 0 Å². The Bertz CT molecular complexity index is 1040. The Balaban J connectivity index is 1.29. The maximum atomic E-state index is 12.3. The second-order valence-electron chi connectivity index (χ2n) is 6.77. The van der Waals surface area contributed by atoms with E-state index in [0.717, 1.165) is 31.8 Å². The van der Waals surface area contributed by atoms with Gasteiger partial charge in [0.1, 0.15) is 0 Å². The maximum Gasteiger partial charge on any atom is 0.238 e. The van der Waals surface area contributed by atoms with E-state index in [1.54, 1.807) is 12.1 Å². The summed E-state index contributed by atoms with van der Waals surface area (Å²) in [5, 5.41) is 7.99. The zero-order valence-electron chi connectivity index (χ0n) is 15.3. The third-order valence-corrected chi connectivity index (χ3v) is 5.54. The number of piperazine rings is 1. The lowest BCUT2D eigenvalue weighted by atomic mass is 10.3. The van der Waals surface area contributed by atoms with E-state index in [2.05, 4.69) is 20.2 Å². The average molecular weight is 417 g/mol. The second kappa shape index (κ2) is 8.40. The fourth-order valence-electron chi connectivity index (χ4n) is 3.29. The molecule has 0 saturated carbocycles. The Morgan fingerprint density at radius 1 is 1.07 bits per heavy atom. The number of halogens is 1. The van der Waals surface area contributed by atoms with Crippen LogP contribution in [0.2, 0.25) is 5.02 Å². The molecule has 0 atom stereocenters. The van der Waals surface area contributed by atoms with Crippen LogP contribution in [0, 0.1) is 4.77 Å². The number of benzene rings is 1. The number of para-hydroxylation sites is 1. The van der Waals surface area contributed by atoms with Gasteiger partial charge in [0.15, 0.2) is 5.65 Å². The standard InChI is InChI=1S/C19H21ClN6OS/c20-15-5-1-2-6-16(15)21-18(27)13-23-9-11-24(12-10-23)14-26-19(28)25-8-4-3-7-17(25)22-26/h1-8H,9-14H2,(H,21,27). The first-order valence-corrected chi connectivity index (χ1v) is 9.92. The molecule has 28 heavy (non-hydrogen) atoms. The topological polar surface area (TPSA) is 57.8 Å². The highest BCUT2D eigenvalue weighted by molar-refractivity contribution is 7.71. The molecule has 1 aliphatic heterocycles. The Morgan fingerprint density at radius 2 is 1.79 bits per heavy atom. The van der Waals surface area contributed by atoms with Gasteiger partial charge < -0.3 is 5.32 Å². The van der Waals surface area contributed by atoms with Crippen LogP contribution >= 0.6 is 23.8 Å². The number of hydrogen-bond donors (Lipinski definition) is 1. The maximum absolute atomic E-state index is 12.3. The van der Waals surface area contributed by atoms with E-state index in [4.69, 9.17) is 23.8 Å². The van der Waals surface area contributed by atoms with Crippen molar-refractivity contribution in [2.45, 2.75) is 6.67 Å². The highest BCUT2D eigenvalue weighted by atomic mass is 35.5. The van der Waals surface area contributed by atoms with Crippen LogP contribution in [-0.4, -0.2) is 62.6 Å². The molecule has 7 nitrogen and oxygen atoms in total. The lowest BCUT2D eigenvalue weighted by Gasteiger charge is -2.33. The number of nitrogens with zero attached hydrogens (tertiary/aromatic N) is 5. The number of hydrogen-bond acceptors (Lipinski definition) is 5. The number of fused-ring (bicyclic) bond motifs is 1. The quantitative estimate of drug-likeness (QED) is 0.648. The summed E-state index contributed by atoms with van der Waals surface area (Å²) < 4.78 is 4.45. The smallest absolute Gasteiger partial charge is 0.238 e. The van der Waals surface area contributed by atoms with Crippen LogP contribution < -0.4 is 5.32 Å². The number of amides is 1. The van der Waals surface area contributed by atoms with Crippen molar-refractivity contribution in [1.82, 2.24) is 24.0 Å². The monoisotopic (exact) mass is 416 g/mol. The molecule has 0 aliphatic carbocycles. The van der Waals surface area contributed by atoms with Crippen LogP contribution in [0.25, 0.3) is 5.65 Å². The van der Waals surface area contributed by atoms with Crippen molar-refractivity contribution in [3.05, 3.63) is 58.5 Å². The molecule has 2 aromatic heterocycles. The summed E-state index contributed by atoms with van der Waals surface area (Å²) in [7, 11) is 0. The molecular formula is C19H21ClN6OS. The second-order valence-corrected chi connectivity index (χ2v) is 7.55. The molecule has 0 spiro atoms. The first-order valence-electron chi connectivity index (χ1n) is 9.13. The van der Waals surface area contributed by atoms with Crippen molar-refractivity contribution in [3.63, 3.8) is 0 Å². The largest absolute Gasteiger partial charge is 0.324 e. The van der Waals surface area contributed by atoms with Crippen molar-refractivity contribution in [2.24, 2.45) is 0 Å². The van der Waals surface area contributed by atoms with Gasteiger partial charge in [0.05, 0.1) is 23.9 Å². The lowest BCUT2D eigenvalue weighted by molar-refractivity contribution is -0.117. The number of anilines is 1. The minimum atomic E-state index is -0.0517. The Kier molecular flexibility index (Phi) is 5.72. The Morgan fingerprint density at radius 3 is 2.54 bits per heavy atom. The number of aromatic nitrogens is 3. The molecular weight excluding hydrogens is 396 g/mol. The van der Waals surface area contributed by atoms with Gasteiger partial charge in [-0.1, -0.05) is 29.8 Å². The highest BCUT2D eigenvalue weighted by Gasteiger charge is 2.20. The van der Waals surface area contributed by atoms with Gasteiger partial charge in [0.2, 0.25) is 10.7 Å². The van der Waals surface area contributed by atoms with Gasteiger partial charge in [-0.25, -0.2) is 4.68 Å². The highest BCUT2D eigenvalue weighted by Crippen LogP contribution is 2.20. The molecule has 0 radical (unpaired) electrons. The molecule has 1 aromatic carbocycles. The first kappa shape index (κ1) is 19.1. The molecule has 3 aromatic rings. The molecule has 146 valence electrons. The zero-order valence-corrected chi connectivity index (χ0v) is 16.9. The van der Waals surface area contributed by atoms with Crippen LogP contribution in [0.4, 0.5) is 5.69 Å². The first-order chi connectivity index (χ1) is 13.6. The van der Waals surface area contributed by atoms with Gasteiger partial charge >= 0.3 is 0 Å². The number of pyridine rings is 1. The summed E-state index contributed by atoms with van der Waals surface area (Å²) in [6.45, 7) is 4.35. The van der Waals surface area contributed by atoms with Crippen molar-refractivity contribution in [2.75, 3.05) is 38.0 Å². The van der Waals surface area contributed by atoms with Crippen molar-refractivity contribution < 1.29 is 4.79 Å². The van der Waals surface area contributed by atoms with Crippen LogP contribution in [0.15, 0.2) is 48.7 Å². The summed E-state index contributed by atoms with van der Waals surface area (Å²) in [5.74, 6) is -0.0517. The Hall–Kier alpha value is -2.26. The predicted molar refractivity (Wildman–Crippen MR) is 112 cm³/mol. The van der Waals surface area contributed by atoms with E-state index in [1.165, 1.54) is 0 Å². The summed E-state index contributed by atoms with van der Waals surface area (Å²) in [5.41, 5.74) is 1.50. The SMILES string of the molecule is O=C(CN1CCN(Cn2nc3ccccn3c2=S)CC1)Nc1ccccc1Cl. The molecule has 1 amide bonds. The van der Waals surface area contributed by atoms with E-state index in [1.807, 2.05) is 45.6 Å². The fourth-order valence-corrected chi connectivity index (χ4v) is 3.73. The number of nitrogens with one attached hydrogen (secondary N) is 1. The van der Waals surface area contributed by atoms with Gasteiger partial charge in [-0.05, 0) is 36.5 Å². The molecule has 3 heterocycles. The normalized spacial score (nSPS) is 15.8. The van der Waals surface area contributed by atoms with Crippen LogP contribution in [0.1, 0.15) is 0 Å². The lowest BCUT2D eigenvalue weighted by Crippen LogP contribution is -2.49. The van der Waals surface area contributed by atoms with Crippen LogP contribution in [-0.2, 0) is 11.5 Å². The Labute approximate surface area is 173 Å². The number of rotatable bonds is 5.